The molecule has 206 valence electrons. The van der Waals surface area contributed by atoms with Crippen LogP contribution < -0.4 is 5.69 Å². The lowest BCUT2D eigenvalue weighted by Gasteiger charge is -2.15. The summed E-state index contributed by atoms with van der Waals surface area (Å²) in [4.78, 5) is 14.0. The van der Waals surface area contributed by atoms with E-state index in [0.29, 0.717) is 25.9 Å². The summed E-state index contributed by atoms with van der Waals surface area (Å²) in [6, 6.07) is 30.2. The number of imidazole rings is 1. The number of benzene rings is 3. The number of hydrogen-bond acceptors (Lipinski definition) is 4. The molecular weight excluding hydrogens is 507 g/mol. The lowest BCUT2D eigenvalue weighted by atomic mass is 10.0. The van der Waals surface area contributed by atoms with E-state index in [4.69, 9.17) is 9.05 Å². The Morgan fingerprint density at radius 2 is 1.21 bits per heavy atom. The summed E-state index contributed by atoms with van der Waals surface area (Å²) in [5, 5.41) is 0. The molecule has 4 rings (SSSR count). The molecule has 0 aliphatic heterocycles. The van der Waals surface area contributed by atoms with Crippen LogP contribution in [0.25, 0.3) is 28.2 Å². The average molecular weight is 547 g/mol. The molecule has 1 unspecified atom stereocenters. The van der Waals surface area contributed by atoms with Gasteiger partial charge in [-0.25, -0.2) is 4.79 Å². The summed E-state index contributed by atoms with van der Waals surface area (Å²) >= 11 is 0. The molecule has 0 N–H and O–H groups in total. The van der Waals surface area contributed by atoms with E-state index < -0.39 is 7.60 Å². The second-order valence-electron chi connectivity index (χ2n) is 9.48. The topological polar surface area (TPSA) is 62.5 Å². The number of aromatic nitrogens is 2. The first kappa shape index (κ1) is 28.8. The van der Waals surface area contributed by atoms with Crippen LogP contribution in [0.5, 0.6) is 0 Å². The minimum Gasteiger partial charge on any atom is -0.309 e. The van der Waals surface area contributed by atoms with Crippen LogP contribution in [-0.2, 0) is 20.2 Å². The summed E-state index contributed by atoms with van der Waals surface area (Å²) in [5.74, 6) is 0. The van der Waals surface area contributed by atoms with E-state index in [0.717, 1.165) is 60.3 Å². The minimum atomic E-state index is -2.94. The summed E-state index contributed by atoms with van der Waals surface area (Å²) in [5.41, 5.74) is 4.70. The van der Waals surface area contributed by atoms with Gasteiger partial charge in [-0.1, -0.05) is 105 Å². The van der Waals surface area contributed by atoms with E-state index in [1.54, 1.807) is 0 Å². The van der Waals surface area contributed by atoms with Crippen molar-refractivity contribution in [1.29, 1.82) is 0 Å². The Bertz CT molecular complexity index is 1400. The van der Waals surface area contributed by atoms with Crippen LogP contribution >= 0.6 is 7.60 Å². The molecule has 0 spiro atoms. The van der Waals surface area contributed by atoms with Crippen LogP contribution in [0, 0.1) is 0 Å². The third-order valence-corrected chi connectivity index (χ3v) is 8.78. The van der Waals surface area contributed by atoms with Crippen molar-refractivity contribution in [3.8, 4) is 28.2 Å². The molecule has 7 heteroatoms. The molecule has 0 saturated heterocycles. The fourth-order valence-corrected chi connectivity index (χ4v) is 6.08. The highest BCUT2D eigenvalue weighted by Gasteiger charge is 2.23. The predicted molar refractivity (Wildman–Crippen MR) is 160 cm³/mol. The molecule has 4 aromatic rings. The number of para-hydroxylation sites is 1. The van der Waals surface area contributed by atoms with Gasteiger partial charge in [0.2, 0.25) is 0 Å². The molecule has 0 aliphatic rings. The zero-order valence-corrected chi connectivity index (χ0v) is 23.9. The van der Waals surface area contributed by atoms with Gasteiger partial charge in [0.15, 0.2) is 0 Å². The van der Waals surface area contributed by atoms with Crippen molar-refractivity contribution in [3.05, 3.63) is 101 Å². The van der Waals surface area contributed by atoms with E-state index in [1.807, 2.05) is 89.7 Å². The van der Waals surface area contributed by atoms with E-state index in [1.165, 1.54) is 0 Å². The summed E-state index contributed by atoms with van der Waals surface area (Å²) in [7, 11) is -2.94. The molecule has 0 amide bonds. The van der Waals surface area contributed by atoms with Crippen molar-refractivity contribution >= 4 is 7.60 Å². The number of rotatable bonds is 15. The standard InChI is InChI=1S/C32H39N2O4P/c1-3-37-39(36,4-2)38-26-18-7-5-6-17-25-33-30(27-19-11-8-12-20-27)31(28-21-13-9-14-22-28)34(32(33)35)29-23-15-10-16-24-29/h8-16,19-24H,3-7,17-18,25-26H2,1-2H3. The van der Waals surface area contributed by atoms with Crippen molar-refractivity contribution in [2.24, 2.45) is 0 Å². The van der Waals surface area contributed by atoms with Crippen LogP contribution in [0.1, 0.15) is 46.0 Å². The van der Waals surface area contributed by atoms with E-state index >= 15 is 0 Å². The molecule has 0 saturated carbocycles. The molecule has 3 aromatic carbocycles. The van der Waals surface area contributed by atoms with Crippen LogP contribution in [0.4, 0.5) is 0 Å². The highest BCUT2D eigenvalue weighted by Crippen LogP contribution is 2.47. The maximum atomic E-state index is 14.0. The monoisotopic (exact) mass is 546 g/mol. The largest absolute Gasteiger partial charge is 0.333 e. The zero-order chi connectivity index (χ0) is 27.5. The Morgan fingerprint density at radius 1 is 0.667 bits per heavy atom. The Morgan fingerprint density at radius 3 is 1.79 bits per heavy atom. The predicted octanol–water partition coefficient (Wildman–Crippen LogP) is 8.19. The van der Waals surface area contributed by atoms with Gasteiger partial charge >= 0.3 is 13.3 Å². The van der Waals surface area contributed by atoms with E-state index in [-0.39, 0.29) is 5.69 Å². The van der Waals surface area contributed by atoms with Crippen LogP contribution in [0.15, 0.2) is 95.8 Å². The molecule has 39 heavy (non-hydrogen) atoms. The first-order valence-corrected chi connectivity index (χ1v) is 15.7. The lowest BCUT2D eigenvalue weighted by molar-refractivity contribution is 0.209. The molecule has 1 atom stereocenters. The average Bonchev–Trinajstić information content (AvgIpc) is 3.27. The molecule has 0 bridgehead atoms. The fourth-order valence-electron chi connectivity index (χ4n) is 4.84. The van der Waals surface area contributed by atoms with E-state index in [2.05, 4.69) is 24.3 Å². The van der Waals surface area contributed by atoms with Crippen molar-refractivity contribution in [3.63, 3.8) is 0 Å². The second-order valence-corrected chi connectivity index (χ2v) is 11.9. The second kappa shape index (κ2) is 14.3. The Hall–Kier alpha value is -3.18. The maximum Gasteiger partial charge on any atom is 0.333 e. The third kappa shape index (κ3) is 7.27. The van der Waals surface area contributed by atoms with E-state index in [9.17, 15) is 9.36 Å². The van der Waals surface area contributed by atoms with Gasteiger partial charge in [0.25, 0.3) is 0 Å². The van der Waals surface area contributed by atoms with Gasteiger partial charge in [-0.15, -0.1) is 0 Å². The SMILES string of the molecule is CCOP(=O)(CC)OCCCCCCCn1c(-c2ccccc2)c(-c2ccccc2)n(-c2ccccc2)c1=O. The third-order valence-electron chi connectivity index (χ3n) is 6.78. The summed E-state index contributed by atoms with van der Waals surface area (Å²) in [6.07, 6.45) is 5.13. The van der Waals surface area contributed by atoms with Crippen LogP contribution in [0.2, 0.25) is 0 Å². The van der Waals surface area contributed by atoms with Gasteiger partial charge in [-0.05, 0) is 31.9 Å². The number of nitrogens with zero attached hydrogens (tertiary/aromatic N) is 2. The van der Waals surface area contributed by atoms with Crippen LogP contribution in [-0.4, -0.2) is 28.5 Å². The first-order chi connectivity index (χ1) is 19.1. The van der Waals surface area contributed by atoms with Gasteiger partial charge in [-0.3, -0.25) is 13.7 Å². The highest BCUT2D eigenvalue weighted by atomic mass is 31.2. The number of unbranched alkanes of at least 4 members (excludes halogenated alkanes) is 4. The first-order valence-electron chi connectivity index (χ1n) is 14.0. The summed E-state index contributed by atoms with van der Waals surface area (Å²) < 4.78 is 27.1. The molecule has 1 heterocycles. The quantitative estimate of drug-likeness (QED) is 0.111. The lowest BCUT2D eigenvalue weighted by Crippen LogP contribution is -2.24. The van der Waals surface area contributed by atoms with Crippen molar-refractivity contribution in [2.45, 2.75) is 52.5 Å². The van der Waals surface area contributed by atoms with Gasteiger partial charge in [0.1, 0.15) is 0 Å². The van der Waals surface area contributed by atoms with Gasteiger partial charge in [0.05, 0.1) is 30.3 Å². The highest BCUT2D eigenvalue weighted by molar-refractivity contribution is 7.53. The van der Waals surface area contributed by atoms with Gasteiger partial charge < -0.3 is 9.05 Å². The van der Waals surface area contributed by atoms with Gasteiger partial charge in [-0.2, -0.15) is 0 Å². The maximum absolute atomic E-state index is 14.0. The zero-order valence-electron chi connectivity index (χ0n) is 23.0. The van der Waals surface area contributed by atoms with Gasteiger partial charge in [0, 0.05) is 23.8 Å². The molecule has 1 aromatic heterocycles. The molecule has 0 aliphatic carbocycles. The molecular formula is C32H39N2O4P. The van der Waals surface area contributed by atoms with Crippen molar-refractivity contribution in [2.75, 3.05) is 19.4 Å². The summed E-state index contributed by atoms with van der Waals surface area (Å²) in [6.45, 7) is 5.14. The smallest absolute Gasteiger partial charge is 0.309 e. The fraction of sp³-hybridized carbons (Fsp3) is 0.344. The minimum absolute atomic E-state index is 0.0291. The van der Waals surface area contributed by atoms with Crippen molar-refractivity contribution < 1.29 is 13.6 Å². The Kier molecular flexibility index (Phi) is 10.5. The molecule has 0 fully saturated rings. The Balaban J connectivity index is 1.53. The normalized spacial score (nSPS) is 12.9. The number of hydrogen-bond donors (Lipinski definition) is 0. The van der Waals surface area contributed by atoms with Crippen molar-refractivity contribution in [1.82, 2.24) is 9.13 Å². The Labute approximate surface area is 231 Å². The van der Waals surface area contributed by atoms with Crippen LogP contribution in [0.3, 0.4) is 0 Å². The molecule has 6 nitrogen and oxygen atoms in total. The molecule has 0 radical (unpaired) electrons.